The van der Waals surface area contributed by atoms with Crippen LogP contribution in [0.3, 0.4) is 0 Å². The Labute approximate surface area is 169 Å². The molecule has 0 fully saturated rings. The van der Waals surface area contributed by atoms with Crippen LogP contribution < -0.4 is 5.32 Å². The smallest absolute Gasteiger partial charge is 0.407 e. The van der Waals surface area contributed by atoms with Crippen LogP contribution >= 0.6 is 0 Å². The van der Waals surface area contributed by atoms with Crippen LogP contribution in [0.2, 0.25) is 18.1 Å². The standard InChI is InChI=1S/C22H33NO4Si/c1-22(2,3)28(4,5)27-20(19-14-10-16-25-19)13-9-15-23-21(24)26-17-18-11-7-6-8-12-18/h6-8,10-12,14,16,20H,9,13,15,17H2,1-5H3,(H,23,24). The van der Waals surface area contributed by atoms with E-state index in [2.05, 4.69) is 39.2 Å². The van der Waals surface area contributed by atoms with Gasteiger partial charge in [0.2, 0.25) is 0 Å². The molecule has 0 spiro atoms. The van der Waals surface area contributed by atoms with E-state index in [0.717, 1.165) is 24.2 Å². The highest BCUT2D eigenvalue weighted by Gasteiger charge is 2.39. The molecular formula is C22H33NO4Si. The number of amides is 1. The van der Waals surface area contributed by atoms with Gasteiger partial charge >= 0.3 is 6.09 Å². The molecule has 1 N–H and O–H groups in total. The van der Waals surface area contributed by atoms with E-state index in [1.165, 1.54) is 0 Å². The molecule has 154 valence electrons. The summed E-state index contributed by atoms with van der Waals surface area (Å²) in [4.78, 5) is 11.9. The number of furan rings is 1. The van der Waals surface area contributed by atoms with Gasteiger partial charge in [0.05, 0.1) is 6.26 Å². The predicted molar refractivity (Wildman–Crippen MR) is 114 cm³/mol. The number of alkyl carbamates (subject to hydrolysis) is 1. The SMILES string of the molecule is CC(C)(C)[Si](C)(C)OC(CCCNC(=O)OCc1ccccc1)c1ccco1. The molecule has 5 nitrogen and oxygen atoms in total. The van der Waals surface area contributed by atoms with Crippen LogP contribution in [0.15, 0.2) is 53.1 Å². The molecule has 6 heteroatoms. The van der Waals surface area contributed by atoms with Gasteiger partial charge in [0.25, 0.3) is 0 Å². The second kappa shape index (κ2) is 9.93. The maximum atomic E-state index is 11.9. The van der Waals surface area contributed by atoms with Gasteiger partial charge in [-0.3, -0.25) is 0 Å². The minimum Gasteiger partial charge on any atom is -0.467 e. The molecule has 1 amide bonds. The molecule has 1 unspecified atom stereocenters. The van der Waals surface area contributed by atoms with Crippen molar-refractivity contribution in [1.82, 2.24) is 5.32 Å². The Kier molecular flexibility index (Phi) is 7.89. The largest absolute Gasteiger partial charge is 0.467 e. The first-order chi connectivity index (χ1) is 13.2. The van der Waals surface area contributed by atoms with Crippen molar-refractivity contribution in [1.29, 1.82) is 0 Å². The van der Waals surface area contributed by atoms with Crippen LogP contribution in [-0.4, -0.2) is 21.0 Å². The van der Waals surface area contributed by atoms with Crippen molar-refractivity contribution in [3.8, 4) is 0 Å². The zero-order valence-corrected chi connectivity index (χ0v) is 18.7. The first kappa shape index (κ1) is 22.2. The highest BCUT2D eigenvalue weighted by atomic mass is 28.4. The lowest BCUT2D eigenvalue weighted by Gasteiger charge is -2.38. The second-order valence-corrected chi connectivity index (χ2v) is 13.3. The molecule has 0 aliphatic carbocycles. The zero-order valence-electron chi connectivity index (χ0n) is 17.7. The maximum Gasteiger partial charge on any atom is 0.407 e. The van der Waals surface area contributed by atoms with Gasteiger partial charge in [0, 0.05) is 6.54 Å². The molecule has 28 heavy (non-hydrogen) atoms. The van der Waals surface area contributed by atoms with Gasteiger partial charge < -0.3 is 18.9 Å². The lowest BCUT2D eigenvalue weighted by molar-refractivity contribution is 0.134. The van der Waals surface area contributed by atoms with Gasteiger partial charge in [0.1, 0.15) is 18.5 Å². The molecule has 2 aromatic rings. The van der Waals surface area contributed by atoms with E-state index in [4.69, 9.17) is 13.6 Å². The molecule has 1 atom stereocenters. The molecule has 2 rings (SSSR count). The van der Waals surface area contributed by atoms with Crippen molar-refractivity contribution in [2.45, 2.75) is 64.5 Å². The van der Waals surface area contributed by atoms with Crippen molar-refractivity contribution in [3.05, 3.63) is 60.1 Å². The van der Waals surface area contributed by atoms with E-state index in [-0.39, 0.29) is 17.7 Å². The third-order valence-electron chi connectivity index (χ3n) is 5.23. The van der Waals surface area contributed by atoms with E-state index in [0.29, 0.717) is 6.54 Å². The number of benzene rings is 1. The number of carbonyl (C=O) groups excluding carboxylic acids is 1. The Hall–Kier alpha value is -2.05. The Morgan fingerprint density at radius 2 is 1.86 bits per heavy atom. The number of nitrogens with one attached hydrogen (secondary N) is 1. The van der Waals surface area contributed by atoms with E-state index < -0.39 is 14.4 Å². The summed E-state index contributed by atoms with van der Waals surface area (Å²) in [6.45, 7) is 12.0. The molecule has 0 radical (unpaired) electrons. The van der Waals surface area contributed by atoms with Crippen LogP contribution in [0.25, 0.3) is 0 Å². The lowest BCUT2D eigenvalue weighted by Crippen LogP contribution is -2.42. The number of ether oxygens (including phenoxy) is 1. The van der Waals surface area contributed by atoms with E-state index in [1.807, 2.05) is 42.5 Å². The van der Waals surface area contributed by atoms with Crippen molar-refractivity contribution in [2.24, 2.45) is 0 Å². The zero-order chi connectivity index (χ0) is 20.6. The van der Waals surface area contributed by atoms with Crippen LogP contribution in [0, 0.1) is 0 Å². The molecule has 0 aliphatic heterocycles. The maximum absolute atomic E-state index is 11.9. The lowest BCUT2D eigenvalue weighted by atomic mass is 10.1. The fraction of sp³-hybridized carbons (Fsp3) is 0.500. The fourth-order valence-corrected chi connectivity index (χ4v) is 3.82. The molecule has 1 aromatic heterocycles. The van der Waals surface area contributed by atoms with Gasteiger partial charge in [-0.15, -0.1) is 0 Å². The highest BCUT2D eigenvalue weighted by Crippen LogP contribution is 2.40. The summed E-state index contributed by atoms with van der Waals surface area (Å²) in [5.41, 5.74) is 0.971. The summed E-state index contributed by atoms with van der Waals surface area (Å²) in [6.07, 6.45) is 2.73. The molecule has 0 saturated carbocycles. The third-order valence-corrected chi connectivity index (χ3v) is 9.71. The fourth-order valence-electron chi connectivity index (χ4n) is 2.52. The average Bonchev–Trinajstić information content (AvgIpc) is 3.17. The Bertz CT molecular complexity index is 708. The molecule has 1 heterocycles. The van der Waals surface area contributed by atoms with Crippen LogP contribution in [-0.2, 0) is 15.8 Å². The number of rotatable bonds is 9. The Balaban J connectivity index is 1.79. The normalized spacial score (nSPS) is 13.2. The van der Waals surface area contributed by atoms with Crippen molar-refractivity contribution >= 4 is 14.4 Å². The summed E-state index contributed by atoms with van der Waals surface area (Å²) < 4.78 is 17.4. The molecule has 0 saturated heterocycles. The van der Waals surface area contributed by atoms with Crippen LogP contribution in [0.4, 0.5) is 4.79 Å². The van der Waals surface area contributed by atoms with Crippen molar-refractivity contribution in [3.63, 3.8) is 0 Å². The second-order valence-electron chi connectivity index (χ2n) is 8.51. The van der Waals surface area contributed by atoms with Crippen LogP contribution in [0.1, 0.15) is 51.0 Å². The molecule has 0 aliphatic rings. The Morgan fingerprint density at radius 1 is 1.14 bits per heavy atom. The molecule has 1 aromatic carbocycles. The van der Waals surface area contributed by atoms with Crippen molar-refractivity contribution < 1.29 is 18.4 Å². The van der Waals surface area contributed by atoms with Crippen LogP contribution in [0.5, 0.6) is 0 Å². The summed E-state index contributed by atoms with van der Waals surface area (Å²) in [6, 6.07) is 13.5. The number of hydrogen-bond donors (Lipinski definition) is 1. The number of hydrogen-bond acceptors (Lipinski definition) is 4. The van der Waals surface area contributed by atoms with Gasteiger partial charge in [-0.1, -0.05) is 51.1 Å². The minimum atomic E-state index is -1.93. The number of carbonyl (C=O) groups is 1. The monoisotopic (exact) mass is 403 g/mol. The summed E-state index contributed by atoms with van der Waals surface area (Å²) in [5.74, 6) is 0.844. The summed E-state index contributed by atoms with van der Waals surface area (Å²) in [7, 11) is -1.93. The molecule has 0 bridgehead atoms. The third kappa shape index (κ3) is 6.84. The average molecular weight is 404 g/mol. The van der Waals surface area contributed by atoms with E-state index >= 15 is 0 Å². The Morgan fingerprint density at radius 3 is 2.46 bits per heavy atom. The van der Waals surface area contributed by atoms with E-state index in [9.17, 15) is 4.79 Å². The quantitative estimate of drug-likeness (QED) is 0.409. The molecular weight excluding hydrogens is 370 g/mol. The van der Waals surface area contributed by atoms with E-state index in [1.54, 1.807) is 6.26 Å². The summed E-state index contributed by atoms with van der Waals surface area (Å²) in [5, 5.41) is 2.93. The van der Waals surface area contributed by atoms with Gasteiger partial charge in [-0.05, 0) is 48.7 Å². The minimum absolute atomic E-state index is 0.0990. The predicted octanol–water partition coefficient (Wildman–Crippen LogP) is 6.05. The van der Waals surface area contributed by atoms with Gasteiger partial charge in [-0.2, -0.15) is 0 Å². The van der Waals surface area contributed by atoms with Gasteiger partial charge in [-0.25, -0.2) is 4.79 Å². The van der Waals surface area contributed by atoms with Crippen molar-refractivity contribution in [2.75, 3.05) is 6.54 Å². The summed E-state index contributed by atoms with van der Waals surface area (Å²) >= 11 is 0. The van der Waals surface area contributed by atoms with Gasteiger partial charge in [0.15, 0.2) is 8.32 Å². The first-order valence-electron chi connectivity index (χ1n) is 9.85. The highest BCUT2D eigenvalue weighted by molar-refractivity contribution is 6.74. The first-order valence-corrected chi connectivity index (χ1v) is 12.8. The topological polar surface area (TPSA) is 60.7 Å².